The second kappa shape index (κ2) is 9.56. The highest BCUT2D eigenvalue weighted by molar-refractivity contribution is 5.93. The Hall–Kier alpha value is -1.59. The zero-order valence-corrected chi connectivity index (χ0v) is 16.9. The second-order valence-corrected chi connectivity index (χ2v) is 8.31. The number of aryl methyl sites for hydroxylation is 1. The van der Waals surface area contributed by atoms with Gasteiger partial charge < -0.3 is 15.3 Å². The Bertz CT molecular complexity index is 620. The first-order valence-corrected chi connectivity index (χ1v) is 10.6. The summed E-state index contributed by atoms with van der Waals surface area (Å²) >= 11 is 0. The Labute approximate surface area is 163 Å². The van der Waals surface area contributed by atoms with Crippen molar-refractivity contribution in [3.05, 3.63) is 23.8 Å². The molecule has 1 aliphatic carbocycles. The van der Waals surface area contributed by atoms with Gasteiger partial charge in [-0.3, -0.25) is 9.69 Å². The third-order valence-electron chi connectivity index (χ3n) is 5.89. The maximum Gasteiger partial charge on any atom is 0.238 e. The van der Waals surface area contributed by atoms with Crippen LogP contribution in [0, 0.1) is 6.92 Å². The Balaban J connectivity index is 1.60. The van der Waals surface area contributed by atoms with Crippen LogP contribution in [0.2, 0.25) is 0 Å². The Morgan fingerprint density at radius 1 is 1.22 bits per heavy atom. The van der Waals surface area contributed by atoms with Gasteiger partial charge in [0.2, 0.25) is 5.91 Å². The number of nitrogens with one attached hydrogen (secondary N) is 1. The number of aliphatic hydroxyl groups is 1. The van der Waals surface area contributed by atoms with Crippen LogP contribution >= 0.6 is 0 Å². The third-order valence-corrected chi connectivity index (χ3v) is 5.89. The van der Waals surface area contributed by atoms with Crippen molar-refractivity contribution in [3.63, 3.8) is 0 Å². The van der Waals surface area contributed by atoms with E-state index < -0.39 is 6.10 Å². The molecule has 1 saturated heterocycles. The molecule has 5 nitrogen and oxygen atoms in total. The topological polar surface area (TPSA) is 55.8 Å². The minimum atomic E-state index is -0.416. The summed E-state index contributed by atoms with van der Waals surface area (Å²) in [5.74, 6) is 0.0123. The quantitative estimate of drug-likeness (QED) is 0.767. The molecule has 0 unspecified atom stereocenters. The van der Waals surface area contributed by atoms with Crippen LogP contribution in [0.5, 0.6) is 0 Å². The maximum atomic E-state index is 12.7. The number of benzene rings is 1. The van der Waals surface area contributed by atoms with E-state index in [-0.39, 0.29) is 5.91 Å². The van der Waals surface area contributed by atoms with Crippen molar-refractivity contribution < 1.29 is 9.90 Å². The van der Waals surface area contributed by atoms with E-state index in [0.29, 0.717) is 19.1 Å². The smallest absolute Gasteiger partial charge is 0.238 e. The van der Waals surface area contributed by atoms with E-state index in [1.54, 1.807) is 6.92 Å². The van der Waals surface area contributed by atoms with Gasteiger partial charge in [0.25, 0.3) is 0 Å². The van der Waals surface area contributed by atoms with Crippen LogP contribution in [0.3, 0.4) is 0 Å². The van der Waals surface area contributed by atoms with E-state index in [1.165, 1.54) is 37.8 Å². The number of amides is 1. The van der Waals surface area contributed by atoms with Crippen molar-refractivity contribution in [2.75, 3.05) is 36.4 Å². The molecule has 1 heterocycles. The van der Waals surface area contributed by atoms with Gasteiger partial charge in [-0.25, -0.2) is 0 Å². The van der Waals surface area contributed by atoms with Gasteiger partial charge in [-0.1, -0.05) is 19.3 Å². The molecule has 1 atom stereocenters. The number of hydrogen-bond acceptors (Lipinski definition) is 4. The summed E-state index contributed by atoms with van der Waals surface area (Å²) in [6, 6.07) is 6.73. The van der Waals surface area contributed by atoms with Gasteiger partial charge in [0.15, 0.2) is 0 Å². The van der Waals surface area contributed by atoms with E-state index >= 15 is 0 Å². The molecule has 1 amide bonds. The Morgan fingerprint density at radius 3 is 2.56 bits per heavy atom. The van der Waals surface area contributed by atoms with Gasteiger partial charge in [-0.05, 0) is 63.3 Å². The molecule has 0 aromatic heterocycles. The van der Waals surface area contributed by atoms with Crippen molar-refractivity contribution in [2.45, 2.75) is 70.9 Å². The first-order valence-electron chi connectivity index (χ1n) is 10.6. The number of hydrogen-bond donors (Lipinski definition) is 2. The lowest BCUT2D eigenvalue weighted by Crippen LogP contribution is -2.45. The molecule has 2 N–H and O–H groups in total. The van der Waals surface area contributed by atoms with Gasteiger partial charge in [0.05, 0.1) is 12.6 Å². The largest absolute Gasteiger partial charge is 0.392 e. The van der Waals surface area contributed by atoms with Gasteiger partial charge in [0.1, 0.15) is 0 Å². The summed E-state index contributed by atoms with van der Waals surface area (Å²) in [6.07, 6.45) is 8.09. The Morgan fingerprint density at radius 2 is 1.93 bits per heavy atom. The highest BCUT2D eigenvalue weighted by atomic mass is 16.3. The highest BCUT2D eigenvalue weighted by Crippen LogP contribution is 2.26. The lowest BCUT2D eigenvalue weighted by Gasteiger charge is -2.34. The van der Waals surface area contributed by atoms with E-state index in [2.05, 4.69) is 34.2 Å². The fourth-order valence-electron chi connectivity index (χ4n) is 4.46. The summed E-state index contributed by atoms with van der Waals surface area (Å²) < 4.78 is 0. The standard InChI is InChI=1S/C22H35N3O2/c1-17-14-20(24-12-6-7-13-24)10-11-21(17)23-22(27)16-25(15-18(2)26)19-8-4-3-5-9-19/h10-11,14,18-19,26H,3-9,12-13,15-16H2,1-2H3,(H,23,27)/t18-/m1/s1. The summed E-state index contributed by atoms with van der Waals surface area (Å²) in [4.78, 5) is 17.3. The molecule has 1 aromatic carbocycles. The number of anilines is 2. The first-order chi connectivity index (χ1) is 13.0. The molecular formula is C22H35N3O2. The van der Waals surface area contributed by atoms with Crippen LogP contribution in [-0.2, 0) is 4.79 Å². The van der Waals surface area contributed by atoms with Crippen LogP contribution in [0.25, 0.3) is 0 Å². The number of carbonyl (C=O) groups excluding carboxylic acids is 1. The zero-order chi connectivity index (χ0) is 19.2. The molecule has 0 bridgehead atoms. The van der Waals surface area contributed by atoms with Crippen molar-refractivity contribution in [3.8, 4) is 0 Å². The summed E-state index contributed by atoms with van der Waals surface area (Å²) in [6.45, 7) is 7.02. The van der Waals surface area contributed by atoms with Crippen LogP contribution in [0.4, 0.5) is 11.4 Å². The van der Waals surface area contributed by atoms with Gasteiger partial charge >= 0.3 is 0 Å². The SMILES string of the molecule is Cc1cc(N2CCCC2)ccc1NC(=O)CN(C[C@@H](C)O)C1CCCCC1. The van der Waals surface area contributed by atoms with Crippen LogP contribution in [-0.4, -0.2) is 54.2 Å². The number of rotatable bonds is 7. The molecular weight excluding hydrogens is 338 g/mol. The highest BCUT2D eigenvalue weighted by Gasteiger charge is 2.24. The van der Waals surface area contributed by atoms with Crippen molar-refractivity contribution in [1.29, 1.82) is 0 Å². The minimum Gasteiger partial charge on any atom is -0.392 e. The number of aliphatic hydroxyl groups excluding tert-OH is 1. The molecule has 1 saturated carbocycles. The van der Waals surface area contributed by atoms with Crippen LogP contribution in [0.15, 0.2) is 18.2 Å². The molecule has 27 heavy (non-hydrogen) atoms. The molecule has 150 valence electrons. The first kappa shape index (κ1) is 20.2. The lowest BCUT2D eigenvalue weighted by atomic mass is 9.94. The van der Waals surface area contributed by atoms with Crippen molar-refractivity contribution in [2.24, 2.45) is 0 Å². The number of nitrogens with zero attached hydrogens (tertiary/aromatic N) is 2. The Kier molecular flexibility index (Phi) is 7.13. The van der Waals surface area contributed by atoms with E-state index in [4.69, 9.17) is 0 Å². The average Bonchev–Trinajstić information content (AvgIpc) is 3.18. The van der Waals surface area contributed by atoms with Crippen molar-refractivity contribution in [1.82, 2.24) is 4.90 Å². The molecule has 3 rings (SSSR count). The maximum absolute atomic E-state index is 12.7. The van der Waals surface area contributed by atoms with E-state index in [9.17, 15) is 9.90 Å². The predicted molar refractivity (Wildman–Crippen MR) is 111 cm³/mol. The fourth-order valence-corrected chi connectivity index (χ4v) is 4.46. The number of carbonyl (C=O) groups is 1. The van der Waals surface area contributed by atoms with E-state index in [1.807, 2.05) is 6.07 Å². The van der Waals surface area contributed by atoms with Gasteiger partial charge in [-0.2, -0.15) is 0 Å². The molecule has 1 aromatic rings. The molecule has 0 radical (unpaired) electrons. The zero-order valence-electron chi connectivity index (χ0n) is 16.9. The van der Waals surface area contributed by atoms with Crippen LogP contribution < -0.4 is 10.2 Å². The molecule has 2 fully saturated rings. The minimum absolute atomic E-state index is 0.0123. The summed E-state index contributed by atoms with van der Waals surface area (Å²) in [5.41, 5.74) is 3.25. The lowest BCUT2D eigenvalue weighted by molar-refractivity contribution is -0.118. The molecule has 1 aliphatic heterocycles. The van der Waals surface area contributed by atoms with Gasteiger partial charge in [0, 0.05) is 37.1 Å². The fraction of sp³-hybridized carbons (Fsp3) is 0.682. The van der Waals surface area contributed by atoms with Gasteiger partial charge in [-0.15, -0.1) is 0 Å². The second-order valence-electron chi connectivity index (χ2n) is 8.31. The molecule has 0 spiro atoms. The normalized spacial score (nSPS) is 19.5. The van der Waals surface area contributed by atoms with Crippen molar-refractivity contribution >= 4 is 17.3 Å². The van der Waals surface area contributed by atoms with Crippen LogP contribution in [0.1, 0.15) is 57.4 Å². The van der Waals surface area contributed by atoms with E-state index in [0.717, 1.165) is 37.2 Å². The third kappa shape index (κ3) is 5.69. The summed E-state index contributed by atoms with van der Waals surface area (Å²) in [7, 11) is 0. The summed E-state index contributed by atoms with van der Waals surface area (Å²) in [5, 5.41) is 12.9. The monoisotopic (exact) mass is 373 g/mol. The predicted octanol–water partition coefficient (Wildman–Crippen LogP) is 3.55. The molecule has 5 heteroatoms. The average molecular weight is 374 g/mol. The molecule has 2 aliphatic rings.